The summed E-state index contributed by atoms with van der Waals surface area (Å²) in [6.45, 7) is 0.0129. The fraction of sp³-hybridized carbons (Fsp3) is 1.00. The van der Waals surface area contributed by atoms with Crippen LogP contribution in [0.25, 0.3) is 0 Å². The van der Waals surface area contributed by atoms with Crippen LogP contribution in [0.4, 0.5) is 13.2 Å². The van der Waals surface area contributed by atoms with Crippen molar-refractivity contribution in [2.75, 3.05) is 18.5 Å². The Morgan fingerprint density at radius 3 is 2.08 bits per heavy atom. The van der Waals surface area contributed by atoms with Crippen LogP contribution in [0.2, 0.25) is 0 Å². The molecule has 0 aromatic heterocycles. The van der Waals surface area contributed by atoms with Gasteiger partial charge in [-0.1, -0.05) is 15.9 Å². The second kappa shape index (κ2) is 3.51. The van der Waals surface area contributed by atoms with Crippen molar-refractivity contribution in [3.63, 3.8) is 0 Å². The van der Waals surface area contributed by atoms with Gasteiger partial charge in [-0.05, 0) is 0 Å². The minimum Gasteiger partial charge on any atom is -0.340 e. The molecule has 1 saturated heterocycles. The van der Waals surface area contributed by atoms with Gasteiger partial charge < -0.3 is 9.47 Å². The molecule has 1 heterocycles. The molecule has 0 bridgehead atoms. The van der Waals surface area contributed by atoms with Gasteiger partial charge in [0.1, 0.15) is 0 Å². The molecule has 2 nitrogen and oxygen atoms in total. The molecule has 1 rings (SSSR count). The van der Waals surface area contributed by atoms with E-state index in [1.807, 2.05) is 0 Å². The molecular weight excluding hydrogens is 241 g/mol. The normalized spacial score (nSPS) is 23.0. The molecule has 0 amide bonds. The maximum absolute atomic E-state index is 12.3. The first-order chi connectivity index (χ1) is 5.52. The molecule has 0 aromatic carbocycles. The summed E-state index contributed by atoms with van der Waals surface area (Å²) in [5.41, 5.74) is 0. The molecule has 0 radical (unpaired) electrons. The largest absolute Gasteiger partial charge is 0.443 e. The van der Waals surface area contributed by atoms with E-state index in [1.165, 1.54) is 0 Å². The summed E-state index contributed by atoms with van der Waals surface area (Å²) < 4.78 is 46.1. The van der Waals surface area contributed by atoms with Gasteiger partial charge in [-0.3, -0.25) is 0 Å². The van der Waals surface area contributed by atoms with Crippen LogP contribution >= 0.6 is 15.9 Å². The van der Waals surface area contributed by atoms with E-state index in [9.17, 15) is 13.2 Å². The van der Waals surface area contributed by atoms with Crippen molar-refractivity contribution < 1.29 is 22.6 Å². The summed E-state index contributed by atoms with van der Waals surface area (Å²) in [5, 5.41) is 0.201. The smallest absolute Gasteiger partial charge is 0.340 e. The zero-order valence-corrected chi connectivity index (χ0v) is 7.74. The van der Waals surface area contributed by atoms with Gasteiger partial charge in [-0.25, -0.2) is 0 Å². The van der Waals surface area contributed by atoms with E-state index in [2.05, 4.69) is 25.4 Å². The molecule has 1 aliphatic rings. The van der Waals surface area contributed by atoms with Crippen molar-refractivity contribution >= 4 is 15.9 Å². The fourth-order valence-electron chi connectivity index (χ4n) is 1.03. The average Bonchev–Trinajstić information content (AvgIpc) is 2.36. The number of rotatable bonds is 2. The highest BCUT2D eigenvalue weighted by Crippen LogP contribution is 2.40. The van der Waals surface area contributed by atoms with E-state index in [0.717, 1.165) is 0 Å². The van der Waals surface area contributed by atoms with Crippen molar-refractivity contribution in [3.8, 4) is 0 Å². The Morgan fingerprint density at radius 1 is 1.25 bits per heavy atom. The summed E-state index contributed by atoms with van der Waals surface area (Å²) in [4.78, 5) is 0. The van der Waals surface area contributed by atoms with Gasteiger partial charge in [0, 0.05) is 11.8 Å². The average molecular weight is 249 g/mol. The number of hydrogen-bond acceptors (Lipinski definition) is 2. The molecule has 0 unspecified atom stereocenters. The zero-order valence-electron chi connectivity index (χ0n) is 6.16. The fourth-order valence-corrected chi connectivity index (χ4v) is 1.55. The topological polar surface area (TPSA) is 18.5 Å². The van der Waals surface area contributed by atoms with Gasteiger partial charge >= 0.3 is 6.18 Å². The molecule has 0 saturated carbocycles. The first-order valence-electron chi connectivity index (χ1n) is 3.42. The van der Waals surface area contributed by atoms with Crippen LogP contribution in [-0.2, 0) is 9.47 Å². The molecule has 1 fully saturated rings. The van der Waals surface area contributed by atoms with E-state index in [-0.39, 0.29) is 25.0 Å². The Labute approximate surface area is 76.1 Å². The highest BCUT2D eigenvalue weighted by molar-refractivity contribution is 9.09. The number of halogens is 4. The van der Waals surface area contributed by atoms with Gasteiger partial charge in [-0.2, -0.15) is 13.2 Å². The third kappa shape index (κ3) is 1.75. The van der Waals surface area contributed by atoms with Crippen LogP contribution in [-0.4, -0.2) is 30.5 Å². The van der Waals surface area contributed by atoms with Crippen LogP contribution in [0.5, 0.6) is 0 Å². The van der Waals surface area contributed by atoms with Gasteiger partial charge in [-0.15, -0.1) is 0 Å². The van der Waals surface area contributed by atoms with E-state index in [0.29, 0.717) is 0 Å². The lowest BCUT2D eigenvalue weighted by Crippen LogP contribution is -2.46. The highest BCUT2D eigenvalue weighted by atomic mass is 79.9. The Hall–Kier alpha value is 0.190. The van der Waals surface area contributed by atoms with Crippen LogP contribution < -0.4 is 0 Å². The lowest BCUT2D eigenvalue weighted by atomic mass is 10.2. The van der Waals surface area contributed by atoms with Crippen LogP contribution in [0.15, 0.2) is 0 Å². The molecule has 0 N–H and O–H groups in total. The quantitative estimate of drug-likeness (QED) is 0.697. The summed E-state index contributed by atoms with van der Waals surface area (Å²) >= 11 is 2.93. The molecule has 0 aliphatic carbocycles. The van der Waals surface area contributed by atoms with Crippen LogP contribution in [0.3, 0.4) is 0 Å². The predicted molar refractivity (Wildman–Crippen MR) is 39.1 cm³/mol. The van der Waals surface area contributed by atoms with Crippen LogP contribution in [0.1, 0.15) is 6.42 Å². The third-order valence-corrected chi connectivity index (χ3v) is 2.01. The molecule has 0 spiro atoms. The Bertz CT molecular complexity index is 153. The minimum absolute atomic E-state index is 0.00646. The molecule has 6 heteroatoms. The van der Waals surface area contributed by atoms with Crippen LogP contribution in [0, 0.1) is 0 Å². The van der Waals surface area contributed by atoms with Gasteiger partial charge in [0.2, 0.25) is 0 Å². The minimum atomic E-state index is -4.45. The molecule has 12 heavy (non-hydrogen) atoms. The van der Waals surface area contributed by atoms with E-state index in [1.54, 1.807) is 0 Å². The highest BCUT2D eigenvalue weighted by Gasteiger charge is 2.59. The lowest BCUT2D eigenvalue weighted by Gasteiger charge is -2.28. The predicted octanol–water partition coefficient (Wildman–Crippen LogP) is 2.08. The zero-order chi connectivity index (χ0) is 9.24. The maximum atomic E-state index is 12.3. The summed E-state index contributed by atoms with van der Waals surface area (Å²) in [6, 6.07) is 0. The van der Waals surface area contributed by atoms with E-state index < -0.39 is 12.0 Å². The standard InChI is InChI=1S/C6H8BrF3O2/c7-2-1-5(6(8,9)10)11-3-4-12-5/h1-4H2. The molecule has 0 atom stereocenters. The van der Waals surface area contributed by atoms with Gasteiger partial charge in [0.15, 0.2) is 0 Å². The van der Waals surface area contributed by atoms with Crippen molar-refractivity contribution in [2.24, 2.45) is 0 Å². The molecule has 72 valence electrons. The second-order valence-electron chi connectivity index (χ2n) is 2.39. The van der Waals surface area contributed by atoms with Crippen molar-refractivity contribution in [2.45, 2.75) is 18.4 Å². The van der Waals surface area contributed by atoms with Crippen molar-refractivity contribution in [1.82, 2.24) is 0 Å². The second-order valence-corrected chi connectivity index (χ2v) is 3.18. The number of alkyl halides is 4. The monoisotopic (exact) mass is 248 g/mol. The van der Waals surface area contributed by atoms with Gasteiger partial charge in [0.25, 0.3) is 5.79 Å². The molecule has 0 aromatic rings. The Balaban J connectivity index is 2.72. The SMILES string of the molecule is FC(F)(F)C1(CCBr)OCCO1. The maximum Gasteiger partial charge on any atom is 0.443 e. The third-order valence-electron chi connectivity index (χ3n) is 1.61. The first kappa shape index (κ1) is 10.3. The molecular formula is C6H8BrF3O2. The number of ether oxygens (including phenoxy) is 2. The number of hydrogen-bond donors (Lipinski definition) is 0. The summed E-state index contributed by atoms with van der Waals surface area (Å²) in [5.74, 6) is -2.36. The summed E-state index contributed by atoms with van der Waals surface area (Å²) in [6.07, 6.45) is -4.66. The van der Waals surface area contributed by atoms with E-state index >= 15 is 0 Å². The van der Waals surface area contributed by atoms with E-state index in [4.69, 9.17) is 0 Å². The Morgan fingerprint density at radius 2 is 1.75 bits per heavy atom. The van der Waals surface area contributed by atoms with Crippen molar-refractivity contribution in [1.29, 1.82) is 0 Å². The Kier molecular flexibility index (Phi) is 3.01. The van der Waals surface area contributed by atoms with Gasteiger partial charge in [0.05, 0.1) is 13.2 Å². The first-order valence-corrected chi connectivity index (χ1v) is 4.54. The lowest BCUT2D eigenvalue weighted by molar-refractivity contribution is -0.343. The summed E-state index contributed by atoms with van der Waals surface area (Å²) in [7, 11) is 0. The molecule has 1 aliphatic heterocycles. The van der Waals surface area contributed by atoms with Crippen molar-refractivity contribution in [3.05, 3.63) is 0 Å².